The average molecular weight is 260 g/mol. The van der Waals surface area contributed by atoms with Crippen molar-refractivity contribution < 1.29 is 4.52 Å². The number of hydrogen-bond acceptors (Lipinski definition) is 4. The summed E-state index contributed by atoms with van der Waals surface area (Å²) in [7, 11) is 0. The average Bonchev–Trinajstić information content (AvgIpc) is 2.97. The maximum Gasteiger partial charge on any atom is 0.229 e. The highest BCUT2D eigenvalue weighted by Crippen LogP contribution is 2.38. The Kier molecular flexibility index (Phi) is 3.38. The molecule has 19 heavy (non-hydrogen) atoms. The molecule has 1 saturated carbocycles. The van der Waals surface area contributed by atoms with Gasteiger partial charge in [0.25, 0.3) is 0 Å². The quantitative estimate of drug-likeness (QED) is 0.867. The van der Waals surface area contributed by atoms with Gasteiger partial charge in [-0.1, -0.05) is 12.1 Å². The van der Waals surface area contributed by atoms with Crippen LogP contribution in [0.3, 0.4) is 0 Å². The van der Waals surface area contributed by atoms with Crippen LogP contribution in [0.5, 0.6) is 0 Å². The van der Waals surface area contributed by atoms with Crippen LogP contribution in [0.1, 0.15) is 56.1 Å². The minimum absolute atomic E-state index is 0.329. The van der Waals surface area contributed by atoms with E-state index in [4.69, 9.17) is 4.52 Å². The Labute approximate surface area is 113 Å². The summed E-state index contributed by atoms with van der Waals surface area (Å²) >= 11 is 0. The van der Waals surface area contributed by atoms with Gasteiger partial charge in [0.1, 0.15) is 0 Å². The molecule has 2 aromatic heterocycles. The standard InChI is InChI=1S/C14H20N4O/c1-3-15-10(2)12-5-4-8-18(12)9-13-16-14(19-17-13)11-6-7-11/h4-5,8,10-11,15H,3,6-7,9H2,1-2H3. The fourth-order valence-corrected chi connectivity index (χ4v) is 2.36. The van der Waals surface area contributed by atoms with Crippen LogP contribution in [0.2, 0.25) is 0 Å². The van der Waals surface area contributed by atoms with Crippen molar-refractivity contribution in [3.8, 4) is 0 Å². The van der Waals surface area contributed by atoms with Gasteiger partial charge in [0, 0.05) is 23.9 Å². The van der Waals surface area contributed by atoms with E-state index in [9.17, 15) is 0 Å². The molecule has 3 rings (SSSR count). The van der Waals surface area contributed by atoms with Gasteiger partial charge >= 0.3 is 0 Å². The molecule has 2 aromatic rings. The molecule has 102 valence electrons. The Morgan fingerprint density at radius 1 is 1.53 bits per heavy atom. The van der Waals surface area contributed by atoms with E-state index in [-0.39, 0.29) is 0 Å². The maximum absolute atomic E-state index is 5.30. The van der Waals surface area contributed by atoms with E-state index < -0.39 is 0 Å². The lowest BCUT2D eigenvalue weighted by molar-refractivity contribution is 0.372. The van der Waals surface area contributed by atoms with Gasteiger partial charge in [-0.2, -0.15) is 4.98 Å². The summed E-state index contributed by atoms with van der Waals surface area (Å²) in [5, 5.41) is 7.49. The molecule has 0 bridgehead atoms. The number of nitrogens with zero attached hydrogens (tertiary/aromatic N) is 3. The Bertz CT molecular complexity index is 541. The Hall–Kier alpha value is -1.62. The Morgan fingerprint density at radius 2 is 2.37 bits per heavy atom. The molecule has 0 aromatic carbocycles. The summed E-state index contributed by atoms with van der Waals surface area (Å²) in [6, 6.07) is 4.52. The molecule has 0 amide bonds. The van der Waals surface area contributed by atoms with Crippen molar-refractivity contribution in [1.82, 2.24) is 20.0 Å². The minimum atomic E-state index is 0.329. The first-order valence-corrected chi connectivity index (χ1v) is 6.98. The molecule has 1 N–H and O–H groups in total. The second-order valence-corrected chi connectivity index (χ2v) is 5.16. The molecular formula is C14H20N4O. The van der Waals surface area contributed by atoms with Crippen LogP contribution >= 0.6 is 0 Å². The van der Waals surface area contributed by atoms with Crippen molar-refractivity contribution in [1.29, 1.82) is 0 Å². The highest BCUT2D eigenvalue weighted by Gasteiger charge is 2.29. The molecule has 1 atom stereocenters. The largest absolute Gasteiger partial charge is 0.342 e. The summed E-state index contributed by atoms with van der Waals surface area (Å²) < 4.78 is 7.47. The Morgan fingerprint density at radius 3 is 3.11 bits per heavy atom. The van der Waals surface area contributed by atoms with Crippen LogP contribution in [0, 0.1) is 0 Å². The Balaban J connectivity index is 1.73. The van der Waals surface area contributed by atoms with E-state index in [0.717, 1.165) is 18.3 Å². The van der Waals surface area contributed by atoms with Crippen LogP contribution < -0.4 is 5.32 Å². The molecule has 5 nitrogen and oxygen atoms in total. The molecule has 5 heteroatoms. The van der Waals surface area contributed by atoms with E-state index in [1.54, 1.807) is 0 Å². The summed E-state index contributed by atoms with van der Waals surface area (Å²) in [4.78, 5) is 4.47. The van der Waals surface area contributed by atoms with Gasteiger partial charge in [0.05, 0.1) is 6.54 Å². The first-order valence-electron chi connectivity index (χ1n) is 6.98. The molecule has 0 saturated heterocycles. The molecule has 1 aliphatic rings. The van der Waals surface area contributed by atoms with E-state index in [1.807, 2.05) is 0 Å². The lowest BCUT2D eigenvalue weighted by Gasteiger charge is -2.15. The zero-order valence-electron chi connectivity index (χ0n) is 11.5. The second kappa shape index (κ2) is 5.17. The van der Waals surface area contributed by atoms with Crippen LogP contribution in [0.25, 0.3) is 0 Å². The molecular weight excluding hydrogens is 240 g/mol. The highest BCUT2D eigenvalue weighted by molar-refractivity contribution is 5.13. The summed E-state index contributed by atoms with van der Waals surface area (Å²) in [6.07, 6.45) is 4.44. The number of rotatable bonds is 6. The van der Waals surface area contributed by atoms with E-state index in [0.29, 0.717) is 18.5 Å². The zero-order chi connectivity index (χ0) is 13.2. The van der Waals surface area contributed by atoms with Gasteiger partial charge in [-0.3, -0.25) is 0 Å². The predicted octanol–water partition coefficient (Wildman–Crippen LogP) is 2.47. The van der Waals surface area contributed by atoms with Crippen molar-refractivity contribution in [2.45, 2.75) is 45.2 Å². The molecule has 2 heterocycles. The molecule has 1 aliphatic carbocycles. The third-order valence-electron chi connectivity index (χ3n) is 3.54. The van der Waals surface area contributed by atoms with Crippen molar-refractivity contribution in [3.63, 3.8) is 0 Å². The summed E-state index contributed by atoms with van der Waals surface area (Å²) in [5.41, 5.74) is 1.25. The van der Waals surface area contributed by atoms with Gasteiger partial charge in [-0.15, -0.1) is 0 Å². The first-order chi connectivity index (χ1) is 9.28. The molecule has 0 aliphatic heterocycles. The molecule has 0 spiro atoms. The number of aromatic nitrogens is 3. The molecule has 0 radical (unpaired) electrons. The fourth-order valence-electron chi connectivity index (χ4n) is 2.36. The summed E-state index contributed by atoms with van der Waals surface area (Å²) in [5.74, 6) is 2.09. The fraction of sp³-hybridized carbons (Fsp3) is 0.571. The van der Waals surface area contributed by atoms with Gasteiger partial charge in [0.2, 0.25) is 5.89 Å². The highest BCUT2D eigenvalue weighted by atomic mass is 16.5. The third kappa shape index (κ3) is 2.71. The lowest BCUT2D eigenvalue weighted by Crippen LogP contribution is -2.21. The van der Waals surface area contributed by atoms with Gasteiger partial charge in [-0.25, -0.2) is 0 Å². The van der Waals surface area contributed by atoms with Crippen LogP contribution in [0.15, 0.2) is 22.9 Å². The van der Waals surface area contributed by atoms with Gasteiger partial charge < -0.3 is 14.4 Å². The normalized spacial score (nSPS) is 16.7. The monoisotopic (exact) mass is 260 g/mol. The van der Waals surface area contributed by atoms with E-state index in [1.165, 1.54) is 18.5 Å². The maximum atomic E-state index is 5.30. The zero-order valence-corrected chi connectivity index (χ0v) is 11.5. The first kappa shape index (κ1) is 12.4. The second-order valence-electron chi connectivity index (χ2n) is 5.16. The van der Waals surface area contributed by atoms with Crippen LogP contribution in [-0.4, -0.2) is 21.3 Å². The van der Waals surface area contributed by atoms with Crippen LogP contribution in [-0.2, 0) is 6.54 Å². The van der Waals surface area contributed by atoms with Crippen molar-refractivity contribution in [2.75, 3.05) is 6.54 Å². The van der Waals surface area contributed by atoms with Crippen molar-refractivity contribution in [3.05, 3.63) is 35.7 Å². The molecule has 1 fully saturated rings. The number of nitrogens with one attached hydrogen (secondary N) is 1. The topological polar surface area (TPSA) is 55.9 Å². The third-order valence-corrected chi connectivity index (χ3v) is 3.54. The van der Waals surface area contributed by atoms with Crippen molar-refractivity contribution >= 4 is 0 Å². The predicted molar refractivity (Wildman–Crippen MR) is 71.9 cm³/mol. The minimum Gasteiger partial charge on any atom is -0.342 e. The van der Waals surface area contributed by atoms with Gasteiger partial charge in [-0.05, 0) is 38.4 Å². The number of hydrogen-bond donors (Lipinski definition) is 1. The van der Waals surface area contributed by atoms with Gasteiger partial charge in [0.15, 0.2) is 5.82 Å². The van der Waals surface area contributed by atoms with E-state index >= 15 is 0 Å². The van der Waals surface area contributed by atoms with Crippen LogP contribution in [0.4, 0.5) is 0 Å². The molecule has 1 unspecified atom stereocenters. The summed E-state index contributed by atoms with van der Waals surface area (Å²) in [6.45, 7) is 5.92. The van der Waals surface area contributed by atoms with Crippen molar-refractivity contribution in [2.24, 2.45) is 0 Å². The SMILES string of the molecule is CCNC(C)c1cccn1Cc1noc(C2CC2)n1. The lowest BCUT2D eigenvalue weighted by atomic mass is 10.2. The van der Waals surface area contributed by atoms with E-state index in [2.05, 4.69) is 52.2 Å². The smallest absolute Gasteiger partial charge is 0.229 e.